The Labute approximate surface area is 215 Å². The summed E-state index contributed by atoms with van der Waals surface area (Å²) >= 11 is 0. The number of aliphatic imine (C=N–C) groups is 1. The number of anilines is 1. The van der Waals surface area contributed by atoms with Crippen molar-refractivity contribution < 1.29 is 19.1 Å². The van der Waals surface area contributed by atoms with Gasteiger partial charge in [0.25, 0.3) is 5.56 Å². The van der Waals surface area contributed by atoms with Crippen molar-refractivity contribution in [2.24, 2.45) is 4.99 Å². The van der Waals surface area contributed by atoms with Crippen LogP contribution >= 0.6 is 0 Å². The summed E-state index contributed by atoms with van der Waals surface area (Å²) in [6.45, 7) is 11.1. The third-order valence-corrected chi connectivity index (χ3v) is 5.33. The van der Waals surface area contributed by atoms with Crippen molar-refractivity contribution in [2.75, 3.05) is 18.4 Å². The highest BCUT2D eigenvalue weighted by molar-refractivity contribution is 6.23. The molecule has 0 aliphatic carbocycles. The maximum Gasteiger partial charge on any atom is 0.413 e. The van der Waals surface area contributed by atoms with Crippen LogP contribution in [0.2, 0.25) is 0 Å². The van der Waals surface area contributed by atoms with Gasteiger partial charge in [-0.3, -0.25) is 29.3 Å². The van der Waals surface area contributed by atoms with E-state index in [1.54, 1.807) is 33.8 Å². The number of rotatable bonds is 7. The van der Waals surface area contributed by atoms with Crippen LogP contribution in [-0.2, 0) is 20.7 Å². The summed E-state index contributed by atoms with van der Waals surface area (Å²) in [5.41, 5.74) is 1.37. The van der Waals surface area contributed by atoms with E-state index in [1.807, 2.05) is 30.3 Å². The first kappa shape index (κ1) is 27.1. The molecule has 0 unspecified atom stereocenters. The van der Waals surface area contributed by atoms with Gasteiger partial charge in [-0.05, 0) is 51.0 Å². The lowest BCUT2D eigenvalue weighted by Gasteiger charge is -2.27. The Hall–Kier alpha value is -4.47. The predicted octanol–water partition coefficient (Wildman–Crippen LogP) is 2.79. The number of hydrogen-bond acceptors (Lipinski definition) is 6. The first-order valence-corrected chi connectivity index (χ1v) is 11.7. The highest BCUT2D eigenvalue weighted by Gasteiger charge is 2.27. The summed E-state index contributed by atoms with van der Waals surface area (Å²) in [4.78, 5) is 54.4. The Balaban J connectivity index is 2.05. The van der Waals surface area contributed by atoms with E-state index in [1.165, 1.54) is 10.6 Å². The van der Waals surface area contributed by atoms with Crippen molar-refractivity contribution in [3.05, 3.63) is 81.8 Å². The van der Waals surface area contributed by atoms with Crippen LogP contribution in [0.1, 0.15) is 32.0 Å². The monoisotopic (exact) mass is 505 g/mol. The molecule has 10 nitrogen and oxygen atoms in total. The molecular weight excluding hydrogens is 474 g/mol. The average Bonchev–Trinajstić information content (AvgIpc) is 2.81. The third-order valence-electron chi connectivity index (χ3n) is 5.33. The number of nitrogens with zero attached hydrogens (tertiary/aromatic N) is 2. The Morgan fingerprint density at radius 3 is 2.49 bits per heavy atom. The van der Waals surface area contributed by atoms with Gasteiger partial charge < -0.3 is 15.4 Å². The Bertz CT molecular complexity index is 1330. The molecule has 1 aliphatic heterocycles. The second-order valence-electron chi connectivity index (χ2n) is 9.46. The van der Waals surface area contributed by atoms with E-state index in [0.717, 1.165) is 5.56 Å². The molecule has 194 valence electrons. The molecule has 1 aromatic carbocycles. The van der Waals surface area contributed by atoms with E-state index in [-0.39, 0.29) is 42.6 Å². The fraction of sp³-hybridized carbons (Fsp3) is 0.296. The average molecular weight is 506 g/mol. The minimum Gasteiger partial charge on any atom is -0.444 e. The van der Waals surface area contributed by atoms with E-state index in [2.05, 4.69) is 27.5 Å². The quantitative estimate of drug-likeness (QED) is 0.498. The van der Waals surface area contributed by atoms with Gasteiger partial charge in [0.1, 0.15) is 11.3 Å². The van der Waals surface area contributed by atoms with E-state index in [0.29, 0.717) is 23.3 Å². The van der Waals surface area contributed by atoms with E-state index >= 15 is 0 Å². The highest BCUT2D eigenvalue weighted by Crippen LogP contribution is 2.24. The van der Waals surface area contributed by atoms with Crippen molar-refractivity contribution in [2.45, 2.75) is 39.7 Å². The molecule has 3 amide bonds. The Morgan fingerprint density at radius 2 is 1.84 bits per heavy atom. The molecular formula is C27H31N5O5. The number of nitrogens with one attached hydrogen (secondary N) is 3. The second kappa shape index (κ2) is 11.5. The lowest BCUT2D eigenvalue weighted by Crippen LogP contribution is -2.42. The topological polar surface area (TPSA) is 131 Å². The number of ether oxygens (including phenoxy) is 1. The second-order valence-corrected chi connectivity index (χ2v) is 9.46. The summed E-state index contributed by atoms with van der Waals surface area (Å²) < 4.78 is 6.70. The van der Waals surface area contributed by atoms with E-state index in [4.69, 9.17) is 4.74 Å². The number of aromatic nitrogens is 1. The molecule has 0 saturated heterocycles. The third kappa shape index (κ3) is 7.03. The van der Waals surface area contributed by atoms with Crippen LogP contribution in [0.25, 0.3) is 5.70 Å². The maximum absolute atomic E-state index is 13.7. The molecule has 3 N–H and O–H groups in total. The number of hydrogen-bond donors (Lipinski definition) is 3. The van der Waals surface area contributed by atoms with Crippen LogP contribution < -0.4 is 21.5 Å². The molecule has 10 heteroatoms. The van der Waals surface area contributed by atoms with Crippen LogP contribution in [0.4, 0.5) is 10.5 Å². The van der Waals surface area contributed by atoms with Gasteiger partial charge in [0.15, 0.2) is 5.84 Å². The molecule has 1 aliphatic rings. The van der Waals surface area contributed by atoms with Crippen LogP contribution in [0.15, 0.2) is 70.0 Å². The molecule has 0 spiro atoms. The van der Waals surface area contributed by atoms with Gasteiger partial charge in [0.2, 0.25) is 12.3 Å². The fourth-order valence-electron chi connectivity index (χ4n) is 3.73. The molecule has 2 aromatic rings. The smallest absolute Gasteiger partial charge is 0.413 e. The number of aryl methyl sites for hydroxylation is 1. The summed E-state index contributed by atoms with van der Waals surface area (Å²) in [6.07, 6.45) is -0.132. The van der Waals surface area contributed by atoms with Gasteiger partial charge in [-0.1, -0.05) is 36.9 Å². The van der Waals surface area contributed by atoms with Crippen LogP contribution in [0.3, 0.4) is 0 Å². The number of benzene rings is 1. The van der Waals surface area contributed by atoms with Gasteiger partial charge in [-0.25, -0.2) is 4.79 Å². The first-order chi connectivity index (χ1) is 17.5. The largest absolute Gasteiger partial charge is 0.444 e. The summed E-state index contributed by atoms with van der Waals surface area (Å²) in [5, 5.41) is 7.90. The number of amides is 3. The van der Waals surface area contributed by atoms with Crippen molar-refractivity contribution in [1.82, 2.24) is 15.2 Å². The normalized spacial score (nSPS) is 13.5. The molecule has 0 bridgehead atoms. The van der Waals surface area contributed by atoms with Crippen LogP contribution in [0.5, 0.6) is 0 Å². The van der Waals surface area contributed by atoms with Gasteiger partial charge in [0.05, 0.1) is 18.7 Å². The number of carbonyl (C=O) groups is 3. The first-order valence-electron chi connectivity index (χ1n) is 11.7. The fourth-order valence-corrected chi connectivity index (χ4v) is 3.73. The van der Waals surface area contributed by atoms with Gasteiger partial charge in [-0.15, -0.1) is 0 Å². The zero-order valence-corrected chi connectivity index (χ0v) is 21.4. The minimum absolute atomic E-state index is 0.0448. The van der Waals surface area contributed by atoms with Gasteiger partial charge in [0, 0.05) is 17.8 Å². The zero-order chi connectivity index (χ0) is 27.2. The molecule has 37 heavy (non-hydrogen) atoms. The molecule has 0 atom stereocenters. The highest BCUT2D eigenvalue weighted by atomic mass is 16.6. The molecule has 0 fully saturated rings. The predicted molar refractivity (Wildman–Crippen MR) is 142 cm³/mol. The Kier molecular flexibility index (Phi) is 8.44. The summed E-state index contributed by atoms with van der Waals surface area (Å²) in [6, 6.07) is 12.4. The van der Waals surface area contributed by atoms with Crippen molar-refractivity contribution in [1.29, 1.82) is 0 Å². The molecule has 0 saturated carbocycles. The standard InChI is InChI=1S/C27H31N5O5/c1-17-14-29-24(31-26(36)37-27(3,4)5)23(20(17)15-28-16-33)32-18(2)11-12-21(25(32)35)30-22(34)13-19-9-7-6-8-10-19/h6-12,16H,1,13-15H2,2-5H3,(H,28,33)(H,30,34)(H,29,31,36). The number of carbonyl (C=O) groups excluding carboxylic acids is 3. The number of amidine groups is 1. The molecule has 2 heterocycles. The number of dihydropyridines is 1. The lowest BCUT2D eigenvalue weighted by molar-refractivity contribution is -0.115. The summed E-state index contributed by atoms with van der Waals surface area (Å²) in [7, 11) is 0. The number of alkyl carbamates (subject to hydrolysis) is 1. The van der Waals surface area contributed by atoms with Crippen molar-refractivity contribution >= 4 is 35.6 Å². The zero-order valence-electron chi connectivity index (χ0n) is 21.4. The molecule has 1 aromatic heterocycles. The van der Waals surface area contributed by atoms with Gasteiger partial charge >= 0.3 is 6.09 Å². The lowest BCUT2D eigenvalue weighted by atomic mass is 10.0. The van der Waals surface area contributed by atoms with Crippen molar-refractivity contribution in [3.63, 3.8) is 0 Å². The van der Waals surface area contributed by atoms with Crippen molar-refractivity contribution in [3.8, 4) is 0 Å². The number of pyridine rings is 1. The van der Waals surface area contributed by atoms with Crippen LogP contribution in [-0.4, -0.2) is 47.5 Å². The minimum atomic E-state index is -0.760. The molecule has 3 rings (SSSR count). The maximum atomic E-state index is 13.7. The summed E-state index contributed by atoms with van der Waals surface area (Å²) in [5.74, 6) is -0.272. The Morgan fingerprint density at radius 1 is 1.14 bits per heavy atom. The van der Waals surface area contributed by atoms with Crippen LogP contribution in [0, 0.1) is 6.92 Å². The molecule has 0 radical (unpaired) electrons. The SMILES string of the molecule is C=C1CN=C(NC(=O)OC(C)(C)C)C(n2c(C)ccc(NC(=O)Cc3ccccc3)c2=O)=C1CNC=O. The van der Waals surface area contributed by atoms with E-state index in [9.17, 15) is 19.2 Å². The van der Waals surface area contributed by atoms with E-state index < -0.39 is 17.3 Å². The van der Waals surface area contributed by atoms with Gasteiger partial charge in [-0.2, -0.15) is 0 Å².